The van der Waals surface area contributed by atoms with Gasteiger partial charge in [-0.15, -0.1) is 0 Å². The van der Waals surface area contributed by atoms with E-state index >= 15 is 0 Å². The van der Waals surface area contributed by atoms with E-state index in [1.54, 1.807) is 14.2 Å². The molecule has 0 fully saturated rings. The van der Waals surface area contributed by atoms with Crippen molar-refractivity contribution in [2.24, 2.45) is 0 Å². The Hall–Kier alpha value is -3.27. The molecule has 1 aliphatic heterocycles. The van der Waals surface area contributed by atoms with Crippen LogP contribution in [0.5, 0.6) is 11.5 Å². The minimum atomic E-state index is 0.747. The second-order valence-electron chi connectivity index (χ2n) is 6.73. The largest absolute Gasteiger partial charge is 0.493 e. The van der Waals surface area contributed by atoms with Gasteiger partial charge in [-0.05, 0) is 24.3 Å². The van der Waals surface area contributed by atoms with Gasteiger partial charge in [0.25, 0.3) is 5.82 Å². The van der Waals surface area contributed by atoms with Crippen molar-refractivity contribution >= 4 is 33.2 Å². The molecule has 4 aromatic rings. The number of methoxy groups -OCH3 is 2. The Morgan fingerprint density at radius 1 is 0.778 bits per heavy atom. The standard InChI is InChI=1S/C23H21N2O2/c1-26-21-12-11-16(15-22(21)27-2)24-13-14-25-20-10-6-5-8-18(20)17-7-3-4-9-19(17)23(24)25/h3-12,15H,13-14H2,1-2H3/q+1. The zero-order valence-electron chi connectivity index (χ0n) is 15.5. The Bertz CT molecular complexity index is 1170. The molecule has 2 heterocycles. The SMILES string of the molecule is COc1ccc(N2CC[n+]3c2c2ccccc2c2ccccc23)cc1OC. The predicted octanol–water partition coefficient (Wildman–Crippen LogP) is 4.45. The van der Waals surface area contributed by atoms with E-state index in [-0.39, 0.29) is 0 Å². The predicted molar refractivity (Wildman–Crippen MR) is 108 cm³/mol. The normalized spacial score (nSPS) is 13.2. The summed E-state index contributed by atoms with van der Waals surface area (Å²) in [7, 11) is 3.34. The minimum Gasteiger partial charge on any atom is -0.493 e. The first-order valence-corrected chi connectivity index (χ1v) is 9.14. The molecule has 0 amide bonds. The summed E-state index contributed by atoms with van der Waals surface area (Å²) in [6.07, 6.45) is 0. The number of pyridine rings is 1. The van der Waals surface area contributed by atoms with Crippen LogP contribution in [0.3, 0.4) is 0 Å². The summed E-state index contributed by atoms with van der Waals surface area (Å²) in [5, 5.41) is 3.85. The molecule has 4 nitrogen and oxygen atoms in total. The molecule has 27 heavy (non-hydrogen) atoms. The lowest BCUT2D eigenvalue weighted by atomic mass is 10.1. The van der Waals surface area contributed by atoms with E-state index in [0.29, 0.717) is 0 Å². The summed E-state index contributed by atoms with van der Waals surface area (Å²) in [5.41, 5.74) is 2.38. The zero-order chi connectivity index (χ0) is 18.4. The van der Waals surface area contributed by atoms with Crippen molar-refractivity contribution in [3.05, 3.63) is 66.7 Å². The van der Waals surface area contributed by atoms with Crippen LogP contribution in [0.4, 0.5) is 11.5 Å². The molecule has 0 aliphatic carbocycles. The van der Waals surface area contributed by atoms with Gasteiger partial charge in [0.2, 0.25) is 0 Å². The van der Waals surface area contributed by atoms with E-state index in [0.717, 1.165) is 30.3 Å². The third-order valence-corrected chi connectivity index (χ3v) is 5.39. The zero-order valence-corrected chi connectivity index (χ0v) is 15.5. The van der Waals surface area contributed by atoms with Crippen molar-refractivity contribution in [3.63, 3.8) is 0 Å². The highest BCUT2D eigenvalue weighted by atomic mass is 16.5. The molecule has 1 aliphatic rings. The van der Waals surface area contributed by atoms with Crippen molar-refractivity contribution in [3.8, 4) is 11.5 Å². The Balaban J connectivity index is 1.78. The van der Waals surface area contributed by atoms with Crippen molar-refractivity contribution in [2.45, 2.75) is 6.54 Å². The Morgan fingerprint density at radius 2 is 1.48 bits per heavy atom. The number of hydrogen-bond acceptors (Lipinski definition) is 3. The summed E-state index contributed by atoms with van der Waals surface area (Å²) in [5.74, 6) is 2.73. The summed E-state index contributed by atoms with van der Waals surface area (Å²) in [6, 6.07) is 23.4. The number of fused-ring (bicyclic) bond motifs is 6. The molecule has 0 radical (unpaired) electrons. The summed E-state index contributed by atoms with van der Waals surface area (Å²) < 4.78 is 13.4. The molecule has 0 unspecified atom stereocenters. The van der Waals surface area contributed by atoms with Gasteiger partial charge >= 0.3 is 0 Å². The van der Waals surface area contributed by atoms with E-state index in [9.17, 15) is 0 Å². The van der Waals surface area contributed by atoms with E-state index < -0.39 is 0 Å². The van der Waals surface area contributed by atoms with Crippen LogP contribution in [0.2, 0.25) is 0 Å². The monoisotopic (exact) mass is 357 g/mol. The van der Waals surface area contributed by atoms with E-state index in [4.69, 9.17) is 9.47 Å². The van der Waals surface area contributed by atoms with Gasteiger partial charge < -0.3 is 9.47 Å². The molecule has 3 aromatic carbocycles. The fourth-order valence-electron chi connectivity index (χ4n) is 4.18. The molecule has 0 N–H and O–H groups in total. The van der Waals surface area contributed by atoms with Gasteiger partial charge in [0.05, 0.1) is 19.6 Å². The first-order chi connectivity index (χ1) is 13.3. The lowest BCUT2D eigenvalue weighted by Crippen LogP contribution is -2.32. The molecule has 0 bridgehead atoms. The number of ether oxygens (including phenoxy) is 2. The highest BCUT2D eigenvalue weighted by Gasteiger charge is 2.34. The average Bonchev–Trinajstić information content (AvgIpc) is 3.19. The van der Waals surface area contributed by atoms with Crippen LogP contribution in [0, 0.1) is 0 Å². The van der Waals surface area contributed by atoms with Crippen LogP contribution in [0.25, 0.3) is 21.7 Å². The lowest BCUT2D eigenvalue weighted by Gasteiger charge is -2.15. The van der Waals surface area contributed by atoms with Gasteiger partial charge in [-0.25, -0.2) is 9.47 Å². The Kier molecular flexibility index (Phi) is 3.64. The lowest BCUT2D eigenvalue weighted by molar-refractivity contribution is -0.643. The van der Waals surface area contributed by atoms with Crippen molar-refractivity contribution < 1.29 is 14.0 Å². The fraction of sp³-hybridized carbons (Fsp3) is 0.174. The number of rotatable bonds is 3. The van der Waals surface area contributed by atoms with Crippen LogP contribution < -0.4 is 18.9 Å². The highest BCUT2D eigenvalue weighted by Crippen LogP contribution is 2.39. The molecule has 0 spiro atoms. The van der Waals surface area contributed by atoms with Crippen molar-refractivity contribution in [1.29, 1.82) is 0 Å². The number of aromatic nitrogens is 1. The molecule has 0 saturated heterocycles. The Morgan fingerprint density at radius 3 is 2.26 bits per heavy atom. The first-order valence-electron chi connectivity index (χ1n) is 9.14. The van der Waals surface area contributed by atoms with Crippen LogP contribution in [0.15, 0.2) is 66.7 Å². The molecule has 1 aromatic heterocycles. The number of hydrogen-bond donors (Lipinski definition) is 0. The topological polar surface area (TPSA) is 25.6 Å². The minimum absolute atomic E-state index is 0.747. The maximum atomic E-state index is 5.52. The third-order valence-electron chi connectivity index (χ3n) is 5.39. The second kappa shape index (κ2) is 6.16. The molecular formula is C23H21N2O2+. The van der Waals surface area contributed by atoms with Crippen LogP contribution in [-0.2, 0) is 6.54 Å². The molecule has 0 saturated carbocycles. The number of para-hydroxylation sites is 1. The second-order valence-corrected chi connectivity index (χ2v) is 6.73. The van der Waals surface area contributed by atoms with E-state index in [1.807, 2.05) is 6.07 Å². The fourth-order valence-corrected chi connectivity index (χ4v) is 4.18. The number of benzene rings is 3. The van der Waals surface area contributed by atoms with E-state index in [2.05, 4.69) is 70.1 Å². The summed E-state index contributed by atoms with van der Waals surface area (Å²) >= 11 is 0. The number of nitrogens with zero attached hydrogens (tertiary/aromatic N) is 2. The van der Waals surface area contributed by atoms with Gasteiger partial charge in [-0.1, -0.05) is 36.4 Å². The first kappa shape index (κ1) is 15.9. The van der Waals surface area contributed by atoms with Crippen molar-refractivity contribution in [2.75, 3.05) is 25.7 Å². The maximum absolute atomic E-state index is 5.52. The van der Waals surface area contributed by atoms with Gasteiger partial charge in [0.1, 0.15) is 24.3 Å². The smallest absolute Gasteiger partial charge is 0.290 e. The quantitative estimate of drug-likeness (QED) is 0.400. The average molecular weight is 357 g/mol. The molecule has 0 atom stereocenters. The van der Waals surface area contributed by atoms with Gasteiger partial charge in [-0.2, -0.15) is 0 Å². The van der Waals surface area contributed by atoms with Crippen LogP contribution in [0.1, 0.15) is 0 Å². The molecule has 4 heteroatoms. The molecule has 5 rings (SSSR count). The van der Waals surface area contributed by atoms with Crippen molar-refractivity contribution in [1.82, 2.24) is 0 Å². The molecule has 134 valence electrons. The highest BCUT2D eigenvalue weighted by molar-refractivity contribution is 6.08. The number of anilines is 2. The summed E-state index contributed by atoms with van der Waals surface area (Å²) in [4.78, 5) is 2.37. The van der Waals surface area contributed by atoms with Gasteiger partial charge in [0.15, 0.2) is 11.5 Å². The third kappa shape index (κ3) is 2.33. The van der Waals surface area contributed by atoms with Crippen LogP contribution in [-0.4, -0.2) is 20.8 Å². The van der Waals surface area contributed by atoms with Crippen LogP contribution >= 0.6 is 0 Å². The molecular weight excluding hydrogens is 336 g/mol. The van der Waals surface area contributed by atoms with Gasteiger partial charge in [0, 0.05) is 16.8 Å². The maximum Gasteiger partial charge on any atom is 0.290 e. The van der Waals surface area contributed by atoms with Gasteiger partial charge in [-0.3, -0.25) is 0 Å². The Labute approximate surface area is 158 Å². The summed E-state index contributed by atoms with van der Waals surface area (Å²) in [6.45, 7) is 1.88. The van der Waals surface area contributed by atoms with E-state index in [1.165, 1.54) is 27.5 Å².